The highest BCUT2D eigenvalue weighted by Gasteiger charge is 2.34. The molecule has 0 radical (unpaired) electrons. The lowest BCUT2D eigenvalue weighted by Gasteiger charge is -2.19. The summed E-state index contributed by atoms with van der Waals surface area (Å²) in [6, 6.07) is 4.69. The Balaban J connectivity index is 2.31. The Kier molecular flexibility index (Phi) is 5.21. The smallest absolute Gasteiger partial charge is 0.246 e. The van der Waals surface area contributed by atoms with E-state index in [9.17, 15) is 13.5 Å². The number of sulfonamides is 1. The summed E-state index contributed by atoms with van der Waals surface area (Å²) < 4.78 is 37.2. The third-order valence-corrected chi connectivity index (χ3v) is 5.57. The molecule has 0 aliphatic carbocycles. The SMILES string of the molecule is COCC1CCN(S(=O)(=O)c2cc(CO)ccc2OC)C1. The summed E-state index contributed by atoms with van der Waals surface area (Å²) in [5.41, 5.74) is 0.544. The monoisotopic (exact) mass is 315 g/mol. The first-order valence-electron chi connectivity index (χ1n) is 6.79. The molecule has 1 heterocycles. The molecule has 1 aromatic carbocycles. The first-order chi connectivity index (χ1) is 10.0. The van der Waals surface area contributed by atoms with E-state index in [4.69, 9.17) is 9.47 Å². The summed E-state index contributed by atoms with van der Waals surface area (Å²) in [4.78, 5) is 0.106. The lowest BCUT2D eigenvalue weighted by molar-refractivity contribution is 0.157. The summed E-state index contributed by atoms with van der Waals surface area (Å²) >= 11 is 0. The average molecular weight is 315 g/mol. The molecule has 0 saturated carbocycles. The molecule has 1 fully saturated rings. The molecule has 1 unspecified atom stereocenters. The number of methoxy groups -OCH3 is 2. The molecular formula is C14H21NO5S. The maximum atomic E-state index is 12.8. The second-order valence-electron chi connectivity index (χ2n) is 5.12. The molecule has 6 nitrogen and oxygen atoms in total. The third kappa shape index (κ3) is 3.37. The highest BCUT2D eigenvalue weighted by Crippen LogP contribution is 2.31. The largest absolute Gasteiger partial charge is 0.495 e. The molecule has 118 valence electrons. The molecule has 0 amide bonds. The van der Waals surface area contributed by atoms with Gasteiger partial charge in [-0.2, -0.15) is 4.31 Å². The number of hydrogen-bond acceptors (Lipinski definition) is 5. The lowest BCUT2D eigenvalue weighted by Crippen LogP contribution is -2.29. The summed E-state index contributed by atoms with van der Waals surface area (Å²) in [7, 11) is -0.572. The van der Waals surface area contributed by atoms with Crippen LogP contribution in [0.5, 0.6) is 5.75 Å². The number of nitrogens with zero attached hydrogens (tertiary/aromatic N) is 1. The van der Waals surface area contributed by atoms with Gasteiger partial charge in [0.25, 0.3) is 0 Å². The van der Waals surface area contributed by atoms with Crippen LogP contribution < -0.4 is 4.74 Å². The molecular weight excluding hydrogens is 294 g/mol. The maximum Gasteiger partial charge on any atom is 0.246 e. The quantitative estimate of drug-likeness (QED) is 0.842. The third-order valence-electron chi connectivity index (χ3n) is 3.68. The lowest BCUT2D eigenvalue weighted by atomic mass is 10.1. The van der Waals surface area contributed by atoms with Crippen LogP contribution in [-0.2, 0) is 21.4 Å². The fourth-order valence-corrected chi connectivity index (χ4v) is 4.28. The van der Waals surface area contributed by atoms with E-state index < -0.39 is 10.0 Å². The molecule has 1 aliphatic rings. The minimum Gasteiger partial charge on any atom is -0.495 e. The van der Waals surface area contributed by atoms with Crippen molar-refractivity contribution in [3.63, 3.8) is 0 Å². The van der Waals surface area contributed by atoms with Gasteiger partial charge in [-0.25, -0.2) is 8.42 Å². The molecule has 7 heteroatoms. The van der Waals surface area contributed by atoms with Crippen LogP contribution >= 0.6 is 0 Å². The van der Waals surface area contributed by atoms with E-state index in [1.165, 1.54) is 17.5 Å². The van der Waals surface area contributed by atoms with Gasteiger partial charge in [-0.3, -0.25) is 0 Å². The van der Waals surface area contributed by atoms with Gasteiger partial charge in [0.05, 0.1) is 20.3 Å². The highest BCUT2D eigenvalue weighted by molar-refractivity contribution is 7.89. The maximum absolute atomic E-state index is 12.8. The Bertz CT molecular complexity index is 587. The zero-order valence-corrected chi connectivity index (χ0v) is 13.1. The molecule has 1 atom stereocenters. The normalized spacial score (nSPS) is 19.9. The van der Waals surface area contributed by atoms with E-state index in [0.717, 1.165) is 6.42 Å². The van der Waals surface area contributed by atoms with E-state index in [0.29, 0.717) is 31.0 Å². The van der Waals surface area contributed by atoms with Gasteiger partial charge in [-0.15, -0.1) is 0 Å². The summed E-state index contributed by atoms with van der Waals surface area (Å²) in [6.07, 6.45) is 0.787. The van der Waals surface area contributed by atoms with E-state index in [-0.39, 0.29) is 17.4 Å². The van der Waals surface area contributed by atoms with E-state index in [2.05, 4.69) is 0 Å². The Morgan fingerprint density at radius 1 is 1.38 bits per heavy atom. The van der Waals surface area contributed by atoms with Crippen molar-refractivity contribution >= 4 is 10.0 Å². The van der Waals surface area contributed by atoms with Crippen LogP contribution in [0, 0.1) is 5.92 Å². The van der Waals surface area contributed by atoms with E-state index in [1.807, 2.05) is 0 Å². The van der Waals surface area contributed by atoms with Crippen molar-refractivity contribution in [2.24, 2.45) is 5.92 Å². The van der Waals surface area contributed by atoms with Crippen molar-refractivity contribution in [3.05, 3.63) is 23.8 Å². The van der Waals surface area contributed by atoms with Gasteiger partial charge in [0.1, 0.15) is 10.6 Å². The number of hydrogen-bond donors (Lipinski definition) is 1. The first-order valence-corrected chi connectivity index (χ1v) is 8.23. The van der Waals surface area contributed by atoms with Gasteiger partial charge in [0, 0.05) is 20.2 Å². The summed E-state index contributed by atoms with van der Waals surface area (Å²) in [5.74, 6) is 0.513. The minimum atomic E-state index is -3.62. The van der Waals surface area contributed by atoms with Crippen LogP contribution in [0.3, 0.4) is 0 Å². The number of aliphatic hydroxyl groups excluding tert-OH is 1. The van der Waals surface area contributed by atoms with Crippen LogP contribution in [-0.4, -0.2) is 51.7 Å². The summed E-state index contributed by atoms with van der Waals surface area (Å²) in [6.45, 7) is 1.27. The van der Waals surface area contributed by atoms with Crippen LogP contribution in [0.4, 0.5) is 0 Å². The van der Waals surface area contributed by atoms with Crippen LogP contribution in [0.25, 0.3) is 0 Å². The molecule has 1 aromatic rings. The zero-order chi connectivity index (χ0) is 15.5. The highest BCUT2D eigenvalue weighted by atomic mass is 32.2. The van der Waals surface area contributed by atoms with Gasteiger partial charge in [0.15, 0.2) is 0 Å². The standard InChI is InChI=1S/C14H21NO5S/c1-19-10-12-5-6-15(8-12)21(17,18)14-7-11(9-16)3-4-13(14)20-2/h3-4,7,12,16H,5-6,8-10H2,1-2H3. The van der Waals surface area contributed by atoms with E-state index >= 15 is 0 Å². The molecule has 1 saturated heterocycles. The number of rotatable bonds is 6. The predicted octanol–water partition coefficient (Wildman–Crippen LogP) is 0.845. The zero-order valence-electron chi connectivity index (χ0n) is 12.3. The molecule has 1 N–H and O–H groups in total. The van der Waals surface area contributed by atoms with E-state index in [1.54, 1.807) is 19.2 Å². The van der Waals surface area contributed by atoms with Crippen molar-refractivity contribution in [2.75, 3.05) is 33.9 Å². The Labute approximate surface area is 125 Å². The molecule has 0 bridgehead atoms. The van der Waals surface area contributed by atoms with Gasteiger partial charge in [0.2, 0.25) is 10.0 Å². The van der Waals surface area contributed by atoms with Crippen molar-refractivity contribution < 1.29 is 23.0 Å². The Hall–Kier alpha value is -1.15. The van der Waals surface area contributed by atoms with Gasteiger partial charge in [-0.1, -0.05) is 6.07 Å². The number of benzene rings is 1. The topological polar surface area (TPSA) is 76.1 Å². The Morgan fingerprint density at radius 3 is 2.76 bits per heavy atom. The minimum absolute atomic E-state index is 0.106. The predicted molar refractivity (Wildman–Crippen MR) is 77.7 cm³/mol. The van der Waals surface area contributed by atoms with Crippen LogP contribution in [0.2, 0.25) is 0 Å². The van der Waals surface area contributed by atoms with Crippen molar-refractivity contribution in [1.82, 2.24) is 4.31 Å². The van der Waals surface area contributed by atoms with Crippen molar-refractivity contribution in [3.8, 4) is 5.75 Å². The Morgan fingerprint density at radius 2 is 2.14 bits per heavy atom. The van der Waals surface area contributed by atoms with Gasteiger partial charge >= 0.3 is 0 Å². The van der Waals surface area contributed by atoms with Crippen molar-refractivity contribution in [2.45, 2.75) is 17.9 Å². The second-order valence-corrected chi connectivity index (χ2v) is 7.02. The van der Waals surface area contributed by atoms with Crippen molar-refractivity contribution in [1.29, 1.82) is 0 Å². The van der Waals surface area contributed by atoms with Crippen LogP contribution in [0.15, 0.2) is 23.1 Å². The van der Waals surface area contributed by atoms with Crippen LogP contribution in [0.1, 0.15) is 12.0 Å². The molecule has 21 heavy (non-hydrogen) atoms. The second kappa shape index (κ2) is 6.74. The summed E-state index contributed by atoms with van der Waals surface area (Å²) in [5, 5.41) is 9.20. The number of ether oxygens (including phenoxy) is 2. The molecule has 0 aromatic heterocycles. The fourth-order valence-electron chi connectivity index (χ4n) is 2.55. The first kappa shape index (κ1) is 16.2. The number of aliphatic hydroxyl groups is 1. The molecule has 0 spiro atoms. The molecule has 1 aliphatic heterocycles. The average Bonchev–Trinajstić information content (AvgIpc) is 2.96. The van der Waals surface area contributed by atoms with Gasteiger partial charge in [-0.05, 0) is 30.0 Å². The molecule has 2 rings (SSSR count). The van der Waals surface area contributed by atoms with Gasteiger partial charge < -0.3 is 14.6 Å². The fraction of sp³-hybridized carbons (Fsp3) is 0.571.